The van der Waals surface area contributed by atoms with Crippen molar-refractivity contribution < 1.29 is 4.79 Å². The average Bonchev–Trinajstić information content (AvgIpc) is 2.67. The predicted octanol–water partition coefficient (Wildman–Crippen LogP) is 1.19. The fraction of sp³-hybridized carbons (Fsp3) is 0.600. The number of nitrogens with one attached hydrogen (secondary N) is 1. The van der Waals surface area contributed by atoms with Gasteiger partial charge >= 0.3 is 0 Å². The van der Waals surface area contributed by atoms with Crippen LogP contribution in [-0.2, 0) is 11.3 Å². The molecule has 0 saturated carbocycles. The number of nitrogens with zero attached hydrogens (tertiary/aromatic N) is 2. The normalized spacial score (nSPS) is 12.4. The van der Waals surface area contributed by atoms with Gasteiger partial charge in [-0.15, -0.1) is 0 Å². The molecule has 14 heavy (non-hydrogen) atoms. The maximum atomic E-state index is 11.4. The second-order valence-corrected chi connectivity index (χ2v) is 3.40. The molecule has 4 heteroatoms. The zero-order chi connectivity index (χ0) is 10.4. The van der Waals surface area contributed by atoms with Crippen LogP contribution in [-0.4, -0.2) is 21.7 Å². The molecule has 1 atom stereocenters. The van der Waals surface area contributed by atoms with Gasteiger partial charge in [-0.3, -0.25) is 9.48 Å². The lowest BCUT2D eigenvalue weighted by Gasteiger charge is -2.10. The third-order valence-corrected chi connectivity index (χ3v) is 2.15. The molecule has 1 heterocycles. The molecule has 0 aliphatic heterocycles. The minimum Gasteiger partial charge on any atom is -0.354 e. The quantitative estimate of drug-likeness (QED) is 0.767. The van der Waals surface area contributed by atoms with Crippen LogP contribution in [0.15, 0.2) is 18.5 Å². The van der Waals surface area contributed by atoms with Crippen molar-refractivity contribution in [1.82, 2.24) is 15.1 Å². The third kappa shape index (κ3) is 3.60. The van der Waals surface area contributed by atoms with E-state index in [2.05, 4.69) is 17.3 Å². The summed E-state index contributed by atoms with van der Waals surface area (Å²) in [5, 5.41) is 6.94. The number of carbonyl (C=O) groups is 1. The molecule has 0 aliphatic rings. The highest BCUT2D eigenvalue weighted by Crippen LogP contribution is 1.92. The standard InChI is InChI=1S/C10H17N3O/c1-3-9(2)12-10(14)5-8-13-7-4-6-11-13/h4,6-7,9H,3,5,8H2,1-2H3,(H,12,14). The topological polar surface area (TPSA) is 46.9 Å². The van der Waals surface area contributed by atoms with Crippen LogP contribution in [0.4, 0.5) is 0 Å². The Balaban J connectivity index is 2.22. The molecule has 78 valence electrons. The second-order valence-electron chi connectivity index (χ2n) is 3.40. The first-order valence-electron chi connectivity index (χ1n) is 4.99. The van der Waals surface area contributed by atoms with Gasteiger partial charge in [-0.2, -0.15) is 5.10 Å². The second kappa shape index (κ2) is 5.42. The van der Waals surface area contributed by atoms with Crippen molar-refractivity contribution in [1.29, 1.82) is 0 Å². The molecule has 0 aliphatic carbocycles. The molecular weight excluding hydrogens is 178 g/mol. The van der Waals surface area contributed by atoms with Gasteiger partial charge in [0.15, 0.2) is 0 Å². The van der Waals surface area contributed by atoms with E-state index >= 15 is 0 Å². The van der Waals surface area contributed by atoms with Gasteiger partial charge in [0.05, 0.1) is 0 Å². The summed E-state index contributed by atoms with van der Waals surface area (Å²) in [6.07, 6.45) is 5.03. The van der Waals surface area contributed by atoms with E-state index in [-0.39, 0.29) is 11.9 Å². The fourth-order valence-electron chi connectivity index (χ4n) is 1.10. The number of amides is 1. The fourth-order valence-corrected chi connectivity index (χ4v) is 1.10. The number of carbonyl (C=O) groups excluding carboxylic acids is 1. The summed E-state index contributed by atoms with van der Waals surface area (Å²) in [5.74, 6) is 0.0925. The van der Waals surface area contributed by atoms with Crippen LogP contribution in [0.2, 0.25) is 0 Å². The van der Waals surface area contributed by atoms with Crippen molar-refractivity contribution in [3.63, 3.8) is 0 Å². The Morgan fingerprint density at radius 2 is 2.43 bits per heavy atom. The molecule has 1 aromatic rings. The number of rotatable bonds is 5. The van der Waals surface area contributed by atoms with Crippen LogP contribution in [0.3, 0.4) is 0 Å². The molecule has 4 nitrogen and oxygen atoms in total. The van der Waals surface area contributed by atoms with E-state index in [0.717, 1.165) is 6.42 Å². The van der Waals surface area contributed by atoms with Crippen LogP contribution < -0.4 is 5.32 Å². The van der Waals surface area contributed by atoms with Gasteiger partial charge in [-0.25, -0.2) is 0 Å². The monoisotopic (exact) mass is 195 g/mol. The lowest BCUT2D eigenvalue weighted by Crippen LogP contribution is -2.32. The number of aryl methyl sites for hydroxylation is 1. The minimum atomic E-state index is 0.0925. The lowest BCUT2D eigenvalue weighted by molar-refractivity contribution is -0.121. The van der Waals surface area contributed by atoms with Gasteiger partial charge in [0, 0.05) is 31.4 Å². The molecule has 1 N–H and O–H groups in total. The maximum absolute atomic E-state index is 11.4. The highest BCUT2D eigenvalue weighted by molar-refractivity contribution is 5.76. The van der Waals surface area contributed by atoms with Crippen molar-refractivity contribution in [2.45, 2.75) is 39.3 Å². The van der Waals surface area contributed by atoms with Gasteiger partial charge in [-0.05, 0) is 19.4 Å². The molecule has 0 aromatic carbocycles. The highest BCUT2D eigenvalue weighted by atomic mass is 16.1. The van der Waals surface area contributed by atoms with Gasteiger partial charge in [0.2, 0.25) is 5.91 Å². The average molecular weight is 195 g/mol. The van der Waals surface area contributed by atoms with Crippen molar-refractivity contribution in [2.24, 2.45) is 0 Å². The van der Waals surface area contributed by atoms with Crippen LogP contribution in [0.1, 0.15) is 26.7 Å². The molecule has 0 fully saturated rings. The van der Waals surface area contributed by atoms with Crippen molar-refractivity contribution in [2.75, 3.05) is 0 Å². The Morgan fingerprint density at radius 3 is 3.00 bits per heavy atom. The SMILES string of the molecule is CCC(C)NC(=O)CCn1cccn1. The van der Waals surface area contributed by atoms with E-state index in [1.807, 2.05) is 19.2 Å². The first kappa shape index (κ1) is 10.8. The first-order chi connectivity index (χ1) is 6.72. The van der Waals surface area contributed by atoms with Crippen LogP contribution >= 0.6 is 0 Å². The molecule has 0 radical (unpaired) electrons. The van der Waals surface area contributed by atoms with E-state index in [9.17, 15) is 4.79 Å². The van der Waals surface area contributed by atoms with E-state index < -0.39 is 0 Å². The highest BCUT2D eigenvalue weighted by Gasteiger charge is 2.04. The summed E-state index contributed by atoms with van der Waals surface area (Å²) in [4.78, 5) is 11.4. The zero-order valence-corrected chi connectivity index (χ0v) is 8.73. The number of hydrogen-bond donors (Lipinski definition) is 1. The Bertz CT molecular complexity index is 269. The number of hydrogen-bond acceptors (Lipinski definition) is 2. The van der Waals surface area contributed by atoms with E-state index in [1.165, 1.54) is 0 Å². The predicted molar refractivity (Wildman–Crippen MR) is 54.7 cm³/mol. The molecule has 1 aromatic heterocycles. The van der Waals surface area contributed by atoms with Gasteiger partial charge in [0.1, 0.15) is 0 Å². The Hall–Kier alpha value is -1.32. The van der Waals surface area contributed by atoms with Crippen LogP contribution in [0, 0.1) is 0 Å². The van der Waals surface area contributed by atoms with Gasteiger partial charge in [-0.1, -0.05) is 6.92 Å². The summed E-state index contributed by atoms with van der Waals surface area (Å²) >= 11 is 0. The summed E-state index contributed by atoms with van der Waals surface area (Å²) in [6, 6.07) is 2.12. The van der Waals surface area contributed by atoms with E-state index in [0.29, 0.717) is 13.0 Å². The summed E-state index contributed by atoms with van der Waals surface area (Å²) < 4.78 is 1.76. The van der Waals surface area contributed by atoms with E-state index in [4.69, 9.17) is 0 Å². The summed E-state index contributed by atoms with van der Waals surface area (Å²) in [7, 11) is 0. The van der Waals surface area contributed by atoms with Gasteiger partial charge < -0.3 is 5.32 Å². The minimum absolute atomic E-state index is 0.0925. The van der Waals surface area contributed by atoms with Crippen LogP contribution in [0.5, 0.6) is 0 Å². The maximum Gasteiger partial charge on any atom is 0.222 e. The van der Waals surface area contributed by atoms with Crippen molar-refractivity contribution in [3.05, 3.63) is 18.5 Å². The molecule has 0 spiro atoms. The summed E-state index contributed by atoms with van der Waals surface area (Å²) in [5.41, 5.74) is 0. The molecule has 1 amide bonds. The van der Waals surface area contributed by atoms with Crippen LogP contribution in [0.25, 0.3) is 0 Å². The zero-order valence-electron chi connectivity index (χ0n) is 8.73. The smallest absolute Gasteiger partial charge is 0.222 e. The van der Waals surface area contributed by atoms with Crippen molar-refractivity contribution >= 4 is 5.91 Å². The first-order valence-corrected chi connectivity index (χ1v) is 4.99. The molecule has 0 saturated heterocycles. The largest absolute Gasteiger partial charge is 0.354 e. The Kier molecular flexibility index (Phi) is 4.16. The third-order valence-electron chi connectivity index (χ3n) is 2.15. The summed E-state index contributed by atoms with van der Waals surface area (Å²) in [6.45, 7) is 4.71. The molecule has 0 bridgehead atoms. The lowest BCUT2D eigenvalue weighted by atomic mass is 10.2. The Morgan fingerprint density at radius 1 is 1.64 bits per heavy atom. The van der Waals surface area contributed by atoms with E-state index in [1.54, 1.807) is 10.9 Å². The Labute approximate surface area is 84.3 Å². The molecular formula is C10H17N3O. The molecule has 1 unspecified atom stereocenters. The van der Waals surface area contributed by atoms with Crippen molar-refractivity contribution in [3.8, 4) is 0 Å². The van der Waals surface area contributed by atoms with Gasteiger partial charge in [0.25, 0.3) is 0 Å². The number of aromatic nitrogens is 2. The molecule has 1 rings (SSSR count).